The van der Waals surface area contributed by atoms with Crippen molar-refractivity contribution < 1.29 is 14.6 Å². The van der Waals surface area contributed by atoms with Gasteiger partial charge in [-0.2, -0.15) is 0 Å². The Morgan fingerprint density at radius 1 is 1.33 bits per heavy atom. The Kier molecular flexibility index (Phi) is 3.71. The highest BCUT2D eigenvalue weighted by molar-refractivity contribution is 5.70. The summed E-state index contributed by atoms with van der Waals surface area (Å²) in [5.41, 5.74) is -0.275. The third kappa shape index (κ3) is 4.34. The minimum absolute atomic E-state index is 0.248. The molecule has 0 radical (unpaired) electrons. The molecule has 0 spiro atoms. The molecule has 0 saturated heterocycles. The summed E-state index contributed by atoms with van der Waals surface area (Å²) in [7, 11) is 0. The van der Waals surface area contributed by atoms with Crippen LogP contribution >= 0.6 is 0 Å². The van der Waals surface area contributed by atoms with E-state index < -0.39 is 11.9 Å². The lowest BCUT2D eigenvalue weighted by atomic mass is 10.1. The second-order valence-corrected chi connectivity index (χ2v) is 4.06. The standard InChI is InChI=1S/C9H18O3/c1-6(8(10)11)7(2)12-9(3,4)5/h6-7H,1-5H3,(H,10,11). The second-order valence-electron chi connectivity index (χ2n) is 4.06. The van der Waals surface area contributed by atoms with Crippen LogP contribution in [0, 0.1) is 5.92 Å². The molecule has 72 valence electrons. The Labute approximate surface area is 73.7 Å². The highest BCUT2D eigenvalue weighted by Gasteiger charge is 2.24. The number of carboxylic acids is 1. The van der Waals surface area contributed by atoms with E-state index in [9.17, 15) is 4.79 Å². The summed E-state index contributed by atoms with van der Waals surface area (Å²) in [6.45, 7) is 9.18. The van der Waals surface area contributed by atoms with Crippen molar-refractivity contribution in [1.29, 1.82) is 0 Å². The van der Waals surface area contributed by atoms with Crippen molar-refractivity contribution in [2.75, 3.05) is 0 Å². The molecule has 0 aliphatic heterocycles. The molecule has 0 aromatic rings. The molecule has 0 aromatic carbocycles. The van der Waals surface area contributed by atoms with Gasteiger partial charge in [0.25, 0.3) is 0 Å². The molecule has 3 heteroatoms. The van der Waals surface area contributed by atoms with E-state index in [2.05, 4.69) is 0 Å². The molecule has 0 aliphatic carbocycles. The molecule has 0 aliphatic rings. The van der Waals surface area contributed by atoms with Crippen LogP contribution in [0.3, 0.4) is 0 Å². The molecule has 12 heavy (non-hydrogen) atoms. The van der Waals surface area contributed by atoms with Crippen molar-refractivity contribution >= 4 is 5.97 Å². The fourth-order valence-electron chi connectivity index (χ4n) is 0.861. The highest BCUT2D eigenvalue weighted by atomic mass is 16.5. The second kappa shape index (κ2) is 3.90. The Morgan fingerprint density at radius 3 is 2.00 bits per heavy atom. The first-order chi connectivity index (χ1) is 5.24. The molecule has 0 fully saturated rings. The van der Waals surface area contributed by atoms with Crippen LogP contribution < -0.4 is 0 Å². The topological polar surface area (TPSA) is 46.5 Å². The van der Waals surface area contributed by atoms with Gasteiger partial charge in [-0.3, -0.25) is 4.79 Å². The average Bonchev–Trinajstić information content (AvgIpc) is 1.82. The van der Waals surface area contributed by atoms with Crippen molar-refractivity contribution in [3.05, 3.63) is 0 Å². The van der Waals surface area contributed by atoms with Gasteiger partial charge in [-0.15, -0.1) is 0 Å². The number of hydrogen-bond acceptors (Lipinski definition) is 2. The van der Waals surface area contributed by atoms with Crippen molar-refractivity contribution in [2.24, 2.45) is 5.92 Å². The van der Waals surface area contributed by atoms with Crippen LogP contribution in [0.2, 0.25) is 0 Å². The Morgan fingerprint density at radius 2 is 1.75 bits per heavy atom. The predicted molar refractivity (Wildman–Crippen MR) is 47.1 cm³/mol. The number of carbonyl (C=O) groups is 1. The van der Waals surface area contributed by atoms with Gasteiger partial charge in [0, 0.05) is 0 Å². The fraction of sp³-hybridized carbons (Fsp3) is 0.889. The van der Waals surface area contributed by atoms with Crippen molar-refractivity contribution in [3.8, 4) is 0 Å². The molecule has 0 heterocycles. The first kappa shape index (κ1) is 11.4. The lowest BCUT2D eigenvalue weighted by Gasteiger charge is -2.27. The van der Waals surface area contributed by atoms with E-state index in [1.807, 2.05) is 20.8 Å². The highest BCUT2D eigenvalue weighted by Crippen LogP contribution is 2.16. The summed E-state index contributed by atoms with van der Waals surface area (Å²) in [5, 5.41) is 8.67. The Balaban J connectivity index is 4.04. The molecule has 1 N–H and O–H groups in total. The average molecular weight is 174 g/mol. The lowest BCUT2D eigenvalue weighted by molar-refractivity contribution is -0.150. The van der Waals surface area contributed by atoms with Crippen LogP contribution in [0.15, 0.2) is 0 Å². The van der Waals surface area contributed by atoms with Gasteiger partial charge in [-0.05, 0) is 34.6 Å². The van der Waals surface area contributed by atoms with Gasteiger partial charge in [0.15, 0.2) is 0 Å². The first-order valence-corrected chi connectivity index (χ1v) is 4.14. The largest absolute Gasteiger partial charge is 0.481 e. The number of ether oxygens (including phenoxy) is 1. The molecule has 0 saturated carbocycles. The summed E-state index contributed by atoms with van der Waals surface area (Å²) < 4.78 is 5.48. The zero-order valence-corrected chi connectivity index (χ0v) is 8.42. The third-order valence-electron chi connectivity index (χ3n) is 1.63. The number of hydrogen-bond donors (Lipinski definition) is 1. The molecule has 2 unspecified atom stereocenters. The SMILES string of the molecule is CC(OC(C)(C)C)C(C)C(=O)O. The monoisotopic (exact) mass is 174 g/mol. The molecule has 2 atom stereocenters. The van der Waals surface area contributed by atoms with E-state index in [1.165, 1.54) is 0 Å². The molecule has 0 bridgehead atoms. The summed E-state index contributed by atoms with van der Waals surface area (Å²) in [4.78, 5) is 10.5. The van der Waals surface area contributed by atoms with Gasteiger partial charge >= 0.3 is 5.97 Å². The zero-order chi connectivity index (χ0) is 9.94. The minimum Gasteiger partial charge on any atom is -0.481 e. The molecular weight excluding hydrogens is 156 g/mol. The Bertz CT molecular complexity index is 158. The van der Waals surface area contributed by atoms with E-state index >= 15 is 0 Å². The van der Waals surface area contributed by atoms with Crippen molar-refractivity contribution in [1.82, 2.24) is 0 Å². The van der Waals surface area contributed by atoms with Crippen LogP contribution in [0.1, 0.15) is 34.6 Å². The number of rotatable bonds is 3. The first-order valence-electron chi connectivity index (χ1n) is 4.14. The molecular formula is C9H18O3. The summed E-state index contributed by atoms with van der Waals surface area (Å²) in [6.07, 6.45) is -0.248. The van der Waals surface area contributed by atoms with Crippen LogP contribution in [0.4, 0.5) is 0 Å². The van der Waals surface area contributed by atoms with E-state index in [0.29, 0.717) is 0 Å². The van der Waals surface area contributed by atoms with E-state index in [4.69, 9.17) is 9.84 Å². The van der Waals surface area contributed by atoms with Crippen LogP contribution in [0.25, 0.3) is 0 Å². The summed E-state index contributed by atoms with van der Waals surface area (Å²) in [5.74, 6) is -1.27. The van der Waals surface area contributed by atoms with E-state index in [0.717, 1.165) is 0 Å². The fourth-order valence-corrected chi connectivity index (χ4v) is 0.861. The quantitative estimate of drug-likeness (QED) is 0.711. The summed E-state index contributed by atoms with van der Waals surface area (Å²) in [6, 6.07) is 0. The Hall–Kier alpha value is -0.570. The molecule has 3 nitrogen and oxygen atoms in total. The lowest BCUT2D eigenvalue weighted by Crippen LogP contribution is -2.33. The van der Waals surface area contributed by atoms with Crippen LogP contribution in [-0.2, 0) is 9.53 Å². The minimum atomic E-state index is -0.813. The van der Waals surface area contributed by atoms with Crippen molar-refractivity contribution in [2.45, 2.75) is 46.3 Å². The number of carboxylic acid groups (broad SMARTS) is 1. The maximum Gasteiger partial charge on any atom is 0.308 e. The van der Waals surface area contributed by atoms with Gasteiger partial charge < -0.3 is 9.84 Å². The van der Waals surface area contributed by atoms with E-state index in [-0.39, 0.29) is 11.7 Å². The maximum absolute atomic E-state index is 10.5. The molecule has 0 aromatic heterocycles. The van der Waals surface area contributed by atoms with Crippen molar-refractivity contribution in [3.63, 3.8) is 0 Å². The third-order valence-corrected chi connectivity index (χ3v) is 1.63. The van der Waals surface area contributed by atoms with Gasteiger partial charge in [-0.25, -0.2) is 0 Å². The summed E-state index contributed by atoms with van der Waals surface area (Å²) >= 11 is 0. The predicted octanol–water partition coefficient (Wildman–Crippen LogP) is 1.91. The zero-order valence-electron chi connectivity index (χ0n) is 8.42. The maximum atomic E-state index is 10.5. The molecule has 0 rings (SSSR count). The molecule has 0 amide bonds. The normalized spacial score (nSPS) is 17.1. The van der Waals surface area contributed by atoms with Gasteiger partial charge in [0.1, 0.15) is 0 Å². The van der Waals surface area contributed by atoms with Crippen LogP contribution in [-0.4, -0.2) is 22.8 Å². The number of aliphatic carboxylic acids is 1. The smallest absolute Gasteiger partial charge is 0.308 e. The van der Waals surface area contributed by atoms with E-state index in [1.54, 1.807) is 13.8 Å². The van der Waals surface area contributed by atoms with Gasteiger partial charge in [0.2, 0.25) is 0 Å². The van der Waals surface area contributed by atoms with Gasteiger partial charge in [-0.1, -0.05) is 0 Å². The van der Waals surface area contributed by atoms with Crippen LogP contribution in [0.5, 0.6) is 0 Å². The van der Waals surface area contributed by atoms with Gasteiger partial charge in [0.05, 0.1) is 17.6 Å².